The molecule has 0 saturated heterocycles. The molecule has 5 nitrogen and oxygen atoms in total. The Hall–Kier alpha value is -1.86. The van der Waals surface area contributed by atoms with E-state index in [4.69, 9.17) is 0 Å². The van der Waals surface area contributed by atoms with E-state index in [1.54, 1.807) is 23.1 Å². The molecule has 0 atom stereocenters. The summed E-state index contributed by atoms with van der Waals surface area (Å²) in [5.41, 5.74) is 1.28. The average Bonchev–Trinajstić information content (AvgIpc) is 3.31. The molecule has 0 unspecified atom stereocenters. The zero-order chi connectivity index (χ0) is 17.6. The molecular weight excluding hydrogens is 362 g/mol. The highest BCUT2D eigenvalue weighted by molar-refractivity contribution is 8.00. The standard InChI is InChI=1S/C19H23N5S2/c1-3-7-15(8-4-1)13-24-12-11-20-17(24)14-25-19-23-22-18(26-19)21-16-9-5-2-6-10-16/h1,3-4,7-8,11-12,16H,2,5-6,9-10,13-14H2,(H,21,22). The van der Waals surface area contributed by atoms with Crippen LogP contribution < -0.4 is 5.32 Å². The van der Waals surface area contributed by atoms with Crippen molar-refractivity contribution >= 4 is 28.2 Å². The van der Waals surface area contributed by atoms with Gasteiger partial charge < -0.3 is 9.88 Å². The molecule has 1 aromatic carbocycles. The molecule has 1 saturated carbocycles. The fourth-order valence-electron chi connectivity index (χ4n) is 3.28. The Morgan fingerprint density at radius 2 is 1.96 bits per heavy atom. The van der Waals surface area contributed by atoms with Crippen LogP contribution in [0.1, 0.15) is 43.5 Å². The second kappa shape index (κ2) is 8.68. The molecule has 0 bridgehead atoms. The Morgan fingerprint density at radius 1 is 1.12 bits per heavy atom. The number of aromatic nitrogens is 4. The van der Waals surface area contributed by atoms with Gasteiger partial charge in [-0.2, -0.15) is 0 Å². The van der Waals surface area contributed by atoms with Crippen LogP contribution in [0.3, 0.4) is 0 Å². The maximum Gasteiger partial charge on any atom is 0.206 e. The molecule has 0 amide bonds. The summed E-state index contributed by atoms with van der Waals surface area (Å²) in [7, 11) is 0. The van der Waals surface area contributed by atoms with Crippen LogP contribution >= 0.6 is 23.1 Å². The largest absolute Gasteiger partial charge is 0.357 e. The minimum Gasteiger partial charge on any atom is -0.357 e. The molecule has 2 heterocycles. The lowest BCUT2D eigenvalue weighted by molar-refractivity contribution is 0.462. The van der Waals surface area contributed by atoms with Gasteiger partial charge in [0.15, 0.2) is 4.34 Å². The first-order valence-electron chi connectivity index (χ1n) is 9.13. The van der Waals surface area contributed by atoms with Crippen LogP contribution in [0.5, 0.6) is 0 Å². The molecule has 1 fully saturated rings. The van der Waals surface area contributed by atoms with E-state index in [2.05, 4.69) is 49.3 Å². The molecule has 1 aliphatic rings. The van der Waals surface area contributed by atoms with Crippen LogP contribution in [0.2, 0.25) is 0 Å². The van der Waals surface area contributed by atoms with E-state index in [1.165, 1.54) is 37.7 Å². The summed E-state index contributed by atoms with van der Waals surface area (Å²) >= 11 is 3.36. The van der Waals surface area contributed by atoms with E-state index in [0.29, 0.717) is 6.04 Å². The van der Waals surface area contributed by atoms with Crippen LogP contribution in [-0.4, -0.2) is 25.8 Å². The van der Waals surface area contributed by atoms with Gasteiger partial charge in [0.05, 0.1) is 5.75 Å². The minimum atomic E-state index is 0.569. The first kappa shape index (κ1) is 17.5. The fourth-order valence-corrected chi connectivity index (χ4v) is 5.07. The third-order valence-electron chi connectivity index (χ3n) is 4.66. The Morgan fingerprint density at radius 3 is 2.81 bits per heavy atom. The maximum absolute atomic E-state index is 4.51. The van der Waals surface area contributed by atoms with Gasteiger partial charge in [-0.15, -0.1) is 10.2 Å². The third kappa shape index (κ3) is 4.65. The number of rotatable bonds is 7. The van der Waals surface area contributed by atoms with Crippen molar-refractivity contribution in [1.29, 1.82) is 0 Å². The van der Waals surface area contributed by atoms with Crippen molar-refractivity contribution in [2.45, 2.75) is 54.8 Å². The van der Waals surface area contributed by atoms with E-state index in [0.717, 1.165) is 27.6 Å². The zero-order valence-electron chi connectivity index (χ0n) is 14.7. The van der Waals surface area contributed by atoms with Crippen molar-refractivity contribution in [3.63, 3.8) is 0 Å². The van der Waals surface area contributed by atoms with Crippen molar-refractivity contribution < 1.29 is 0 Å². The first-order chi connectivity index (χ1) is 12.9. The normalized spacial score (nSPS) is 15.2. The number of hydrogen-bond donors (Lipinski definition) is 1. The van der Waals surface area contributed by atoms with Gasteiger partial charge in [-0.25, -0.2) is 4.98 Å². The van der Waals surface area contributed by atoms with Gasteiger partial charge in [-0.05, 0) is 18.4 Å². The Bertz CT molecular complexity index is 808. The number of nitrogens with one attached hydrogen (secondary N) is 1. The van der Waals surface area contributed by atoms with Crippen molar-refractivity contribution in [2.24, 2.45) is 0 Å². The van der Waals surface area contributed by atoms with Crippen molar-refractivity contribution in [3.05, 3.63) is 54.1 Å². The summed E-state index contributed by atoms with van der Waals surface area (Å²) in [4.78, 5) is 4.51. The van der Waals surface area contributed by atoms with E-state index in [-0.39, 0.29) is 0 Å². The lowest BCUT2D eigenvalue weighted by Crippen LogP contribution is -2.21. The topological polar surface area (TPSA) is 55.6 Å². The van der Waals surface area contributed by atoms with Crippen LogP contribution in [0.15, 0.2) is 47.1 Å². The quantitative estimate of drug-likeness (QED) is 0.591. The van der Waals surface area contributed by atoms with Gasteiger partial charge in [0.2, 0.25) is 5.13 Å². The minimum absolute atomic E-state index is 0.569. The molecule has 1 N–H and O–H groups in total. The van der Waals surface area contributed by atoms with Gasteiger partial charge in [-0.1, -0.05) is 72.7 Å². The SMILES string of the molecule is c1ccc(Cn2ccnc2CSc2nnc(NC3CCCCC3)s2)cc1. The Balaban J connectivity index is 1.33. The molecule has 3 aromatic rings. The third-order valence-corrected chi connectivity index (χ3v) is 6.65. The second-order valence-electron chi connectivity index (χ2n) is 6.60. The average molecular weight is 386 g/mol. The van der Waals surface area contributed by atoms with E-state index in [1.807, 2.05) is 18.5 Å². The zero-order valence-corrected chi connectivity index (χ0v) is 16.3. The Labute approximate surface area is 162 Å². The van der Waals surface area contributed by atoms with Crippen LogP contribution in [0.25, 0.3) is 0 Å². The van der Waals surface area contributed by atoms with Crippen LogP contribution in [0.4, 0.5) is 5.13 Å². The van der Waals surface area contributed by atoms with Gasteiger partial charge >= 0.3 is 0 Å². The molecule has 0 spiro atoms. The van der Waals surface area contributed by atoms with Crippen LogP contribution in [-0.2, 0) is 12.3 Å². The molecule has 26 heavy (non-hydrogen) atoms. The number of hydrogen-bond acceptors (Lipinski definition) is 6. The second-order valence-corrected chi connectivity index (χ2v) is 8.80. The highest BCUT2D eigenvalue weighted by Crippen LogP contribution is 2.30. The summed E-state index contributed by atoms with van der Waals surface area (Å²) in [6.45, 7) is 0.849. The summed E-state index contributed by atoms with van der Waals surface area (Å²) in [5, 5.41) is 13.1. The van der Waals surface area contributed by atoms with Gasteiger partial charge in [-0.3, -0.25) is 0 Å². The van der Waals surface area contributed by atoms with E-state index < -0.39 is 0 Å². The van der Waals surface area contributed by atoms with E-state index >= 15 is 0 Å². The smallest absolute Gasteiger partial charge is 0.206 e. The molecule has 2 aromatic heterocycles. The van der Waals surface area contributed by atoms with Crippen LogP contribution in [0, 0.1) is 0 Å². The molecule has 0 radical (unpaired) electrons. The lowest BCUT2D eigenvalue weighted by Gasteiger charge is -2.21. The molecule has 4 rings (SSSR count). The van der Waals surface area contributed by atoms with Gasteiger partial charge in [0, 0.05) is 25.0 Å². The molecule has 7 heteroatoms. The number of thioether (sulfide) groups is 1. The first-order valence-corrected chi connectivity index (χ1v) is 10.9. The molecule has 0 aliphatic heterocycles. The molecule has 1 aliphatic carbocycles. The van der Waals surface area contributed by atoms with Gasteiger partial charge in [0.25, 0.3) is 0 Å². The Kier molecular flexibility index (Phi) is 5.86. The predicted molar refractivity (Wildman–Crippen MR) is 108 cm³/mol. The number of nitrogens with zero attached hydrogens (tertiary/aromatic N) is 4. The number of imidazole rings is 1. The number of anilines is 1. The summed E-state index contributed by atoms with van der Waals surface area (Å²) in [6.07, 6.45) is 10.4. The molecular formula is C19H23N5S2. The van der Waals surface area contributed by atoms with Crippen molar-refractivity contribution in [1.82, 2.24) is 19.7 Å². The maximum atomic E-state index is 4.51. The number of benzene rings is 1. The van der Waals surface area contributed by atoms with Gasteiger partial charge in [0.1, 0.15) is 5.82 Å². The highest BCUT2D eigenvalue weighted by Gasteiger charge is 2.15. The van der Waals surface area contributed by atoms with Crippen molar-refractivity contribution in [3.8, 4) is 0 Å². The summed E-state index contributed by atoms with van der Waals surface area (Å²) in [5.74, 6) is 1.87. The highest BCUT2D eigenvalue weighted by atomic mass is 32.2. The van der Waals surface area contributed by atoms with E-state index in [9.17, 15) is 0 Å². The van der Waals surface area contributed by atoms with Crippen molar-refractivity contribution in [2.75, 3.05) is 5.32 Å². The molecule has 136 valence electrons. The summed E-state index contributed by atoms with van der Waals surface area (Å²) in [6, 6.07) is 11.0. The lowest BCUT2D eigenvalue weighted by atomic mass is 9.96. The monoisotopic (exact) mass is 385 g/mol. The fraction of sp³-hybridized carbons (Fsp3) is 0.421. The predicted octanol–water partition coefficient (Wildman–Crippen LogP) is 4.82. The summed E-state index contributed by atoms with van der Waals surface area (Å²) < 4.78 is 3.20.